The summed E-state index contributed by atoms with van der Waals surface area (Å²) >= 11 is 5.94. The van der Waals surface area contributed by atoms with Gasteiger partial charge in [0.15, 0.2) is 0 Å². The van der Waals surface area contributed by atoms with Crippen LogP contribution in [0.5, 0.6) is 5.75 Å². The van der Waals surface area contributed by atoms with Crippen LogP contribution >= 0.6 is 11.6 Å². The van der Waals surface area contributed by atoms with Crippen LogP contribution in [0.1, 0.15) is 32.1 Å². The number of hydrogen-bond acceptors (Lipinski definition) is 3. The standard InChI is InChI=1S/C15H20ClNO4/c16-12-6-1-2-7-13(12)21-11-5-8-14(18)17-10-4-3-9-15(19)20/h1-2,6-7H,3-5,8-11H2,(H,17,18)(H,19,20). The molecule has 0 unspecified atom stereocenters. The van der Waals surface area contributed by atoms with E-state index >= 15 is 0 Å². The molecule has 2 N–H and O–H groups in total. The van der Waals surface area contributed by atoms with Crippen molar-refractivity contribution in [3.05, 3.63) is 29.3 Å². The summed E-state index contributed by atoms with van der Waals surface area (Å²) in [4.78, 5) is 21.8. The SMILES string of the molecule is O=C(O)CCCCNC(=O)CCCOc1ccccc1Cl. The molecule has 0 atom stereocenters. The second-order valence-corrected chi connectivity index (χ2v) is 4.99. The fourth-order valence-electron chi connectivity index (χ4n) is 1.69. The second kappa shape index (κ2) is 10.0. The highest BCUT2D eigenvalue weighted by atomic mass is 35.5. The average Bonchev–Trinajstić information content (AvgIpc) is 2.44. The molecule has 21 heavy (non-hydrogen) atoms. The molecule has 1 rings (SSSR count). The van der Waals surface area contributed by atoms with E-state index in [1.165, 1.54) is 0 Å². The number of ether oxygens (including phenoxy) is 1. The number of para-hydroxylation sites is 1. The van der Waals surface area contributed by atoms with E-state index in [0.717, 1.165) is 0 Å². The summed E-state index contributed by atoms with van der Waals surface area (Å²) in [5.41, 5.74) is 0. The van der Waals surface area contributed by atoms with Crippen LogP contribution in [-0.2, 0) is 9.59 Å². The molecule has 0 heterocycles. The van der Waals surface area contributed by atoms with Crippen molar-refractivity contribution >= 4 is 23.5 Å². The van der Waals surface area contributed by atoms with E-state index in [1.807, 2.05) is 12.1 Å². The summed E-state index contributed by atoms with van der Waals surface area (Å²) < 4.78 is 5.48. The molecule has 0 radical (unpaired) electrons. The number of hydrogen-bond donors (Lipinski definition) is 2. The molecule has 0 aliphatic carbocycles. The number of nitrogens with one attached hydrogen (secondary N) is 1. The van der Waals surface area contributed by atoms with Crippen LogP contribution in [0.25, 0.3) is 0 Å². The minimum atomic E-state index is -0.807. The highest BCUT2D eigenvalue weighted by Crippen LogP contribution is 2.23. The molecule has 0 fully saturated rings. The third-order valence-electron chi connectivity index (χ3n) is 2.78. The number of amides is 1. The van der Waals surface area contributed by atoms with Crippen molar-refractivity contribution in [2.24, 2.45) is 0 Å². The summed E-state index contributed by atoms with van der Waals surface area (Å²) in [6.07, 6.45) is 2.37. The Balaban J connectivity index is 2.03. The molecule has 0 bridgehead atoms. The molecule has 0 spiro atoms. The second-order valence-electron chi connectivity index (χ2n) is 4.58. The monoisotopic (exact) mass is 313 g/mol. The van der Waals surface area contributed by atoms with Gasteiger partial charge in [0.05, 0.1) is 11.6 Å². The van der Waals surface area contributed by atoms with E-state index in [1.54, 1.807) is 12.1 Å². The summed E-state index contributed by atoms with van der Waals surface area (Å²) in [5.74, 6) is -0.237. The first-order chi connectivity index (χ1) is 10.1. The molecule has 116 valence electrons. The molecule has 0 aromatic heterocycles. The molecule has 0 aliphatic heterocycles. The van der Waals surface area contributed by atoms with Gasteiger partial charge in [-0.1, -0.05) is 23.7 Å². The van der Waals surface area contributed by atoms with Crippen LogP contribution in [0.2, 0.25) is 5.02 Å². The Morgan fingerprint density at radius 2 is 1.90 bits per heavy atom. The number of halogens is 1. The highest BCUT2D eigenvalue weighted by Gasteiger charge is 2.03. The van der Waals surface area contributed by atoms with E-state index in [9.17, 15) is 9.59 Å². The van der Waals surface area contributed by atoms with Gasteiger partial charge in [0, 0.05) is 19.4 Å². The average molecular weight is 314 g/mol. The number of benzene rings is 1. The maximum atomic E-state index is 11.5. The van der Waals surface area contributed by atoms with Gasteiger partial charge in [-0.25, -0.2) is 0 Å². The Hall–Kier alpha value is -1.75. The number of rotatable bonds is 10. The number of carbonyl (C=O) groups excluding carboxylic acids is 1. The first-order valence-corrected chi connectivity index (χ1v) is 7.33. The lowest BCUT2D eigenvalue weighted by atomic mass is 10.2. The Morgan fingerprint density at radius 3 is 2.62 bits per heavy atom. The fourth-order valence-corrected chi connectivity index (χ4v) is 1.88. The zero-order chi connectivity index (χ0) is 15.5. The van der Waals surface area contributed by atoms with Crippen molar-refractivity contribution in [1.29, 1.82) is 0 Å². The minimum absolute atomic E-state index is 0.0481. The van der Waals surface area contributed by atoms with Gasteiger partial charge in [0.1, 0.15) is 5.75 Å². The Bertz CT molecular complexity index is 465. The van der Waals surface area contributed by atoms with Crippen LogP contribution in [0.3, 0.4) is 0 Å². The van der Waals surface area contributed by atoms with Gasteiger partial charge in [0.2, 0.25) is 5.91 Å². The van der Waals surface area contributed by atoms with Crippen LogP contribution in [0, 0.1) is 0 Å². The minimum Gasteiger partial charge on any atom is -0.492 e. The zero-order valence-corrected chi connectivity index (χ0v) is 12.6. The van der Waals surface area contributed by atoms with Gasteiger partial charge < -0.3 is 15.2 Å². The summed E-state index contributed by atoms with van der Waals surface area (Å²) in [7, 11) is 0. The molecule has 1 amide bonds. The molecule has 1 aromatic carbocycles. The summed E-state index contributed by atoms with van der Waals surface area (Å²) in [5, 5.41) is 11.8. The molecule has 1 aromatic rings. The first kappa shape index (κ1) is 17.3. The largest absolute Gasteiger partial charge is 0.492 e. The van der Waals surface area contributed by atoms with Crippen molar-refractivity contribution in [2.75, 3.05) is 13.2 Å². The normalized spacial score (nSPS) is 10.1. The third kappa shape index (κ3) is 8.19. The molecule has 0 aliphatic rings. The Morgan fingerprint density at radius 1 is 1.14 bits per heavy atom. The zero-order valence-electron chi connectivity index (χ0n) is 11.8. The van der Waals surface area contributed by atoms with E-state index in [2.05, 4.69) is 5.32 Å². The first-order valence-electron chi connectivity index (χ1n) is 6.95. The number of carboxylic acids is 1. The lowest BCUT2D eigenvalue weighted by Gasteiger charge is -2.08. The lowest BCUT2D eigenvalue weighted by molar-refractivity contribution is -0.137. The lowest BCUT2D eigenvalue weighted by Crippen LogP contribution is -2.24. The fraction of sp³-hybridized carbons (Fsp3) is 0.467. The van der Waals surface area contributed by atoms with Gasteiger partial charge in [-0.05, 0) is 31.4 Å². The van der Waals surface area contributed by atoms with Crippen molar-refractivity contribution in [3.8, 4) is 5.75 Å². The van der Waals surface area contributed by atoms with E-state index in [-0.39, 0.29) is 12.3 Å². The predicted octanol–water partition coefficient (Wildman–Crippen LogP) is 2.87. The number of carboxylic acid groups (broad SMARTS) is 1. The van der Waals surface area contributed by atoms with Crippen LogP contribution < -0.4 is 10.1 Å². The van der Waals surface area contributed by atoms with Gasteiger partial charge in [-0.2, -0.15) is 0 Å². The Kier molecular flexibility index (Phi) is 8.28. The van der Waals surface area contributed by atoms with E-state index < -0.39 is 5.97 Å². The summed E-state index contributed by atoms with van der Waals surface area (Å²) in [6.45, 7) is 0.938. The van der Waals surface area contributed by atoms with Crippen molar-refractivity contribution < 1.29 is 19.4 Å². The van der Waals surface area contributed by atoms with Crippen LogP contribution in [-0.4, -0.2) is 30.1 Å². The topological polar surface area (TPSA) is 75.6 Å². The van der Waals surface area contributed by atoms with E-state index in [4.69, 9.17) is 21.4 Å². The number of carbonyl (C=O) groups is 2. The van der Waals surface area contributed by atoms with Gasteiger partial charge >= 0.3 is 5.97 Å². The predicted molar refractivity (Wildman–Crippen MR) is 80.7 cm³/mol. The smallest absolute Gasteiger partial charge is 0.303 e. The molecule has 6 heteroatoms. The van der Waals surface area contributed by atoms with Crippen LogP contribution in [0.4, 0.5) is 0 Å². The van der Waals surface area contributed by atoms with Gasteiger partial charge in [-0.3, -0.25) is 9.59 Å². The Labute approximate surface area is 129 Å². The van der Waals surface area contributed by atoms with Crippen molar-refractivity contribution in [3.63, 3.8) is 0 Å². The van der Waals surface area contributed by atoms with Crippen molar-refractivity contribution in [2.45, 2.75) is 32.1 Å². The molecule has 0 saturated carbocycles. The highest BCUT2D eigenvalue weighted by molar-refractivity contribution is 6.32. The molecule has 5 nitrogen and oxygen atoms in total. The van der Waals surface area contributed by atoms with E-state index in [0.29, 0.717) is 49.6 Å². The van der Waals surface area contributed by atoms with Crippen LogP contribution in [0.15, 0.2) is 24.3 Å². The van der Waals surface area contributed by atoms with Gasteiger partial charge in [0.25, 0.3) is 0 Å². The summed E-state index contributed by atoms with van der Waals surface area (Å²) in [6, 6.07) is 7.20. The maximum Gasteiger partial charge on any atom is 0.303 e. The molecule has 0 saturated heterocycles. The third-order valence-corrected chi connectivity index (χ3v) is 3.09. The number of aliphatic carboxylic acids is 1. The number of unbranched alkanes of at least 4 members (excludes halogenated alkanes) is 1. The van der Waals surface area contributed by atoms with Crippen molar-refractivity contribution in [1.82, 2.24) is 5.32 Å². The molecular formula is C15H20ClNO4. The maximum absolute atomic E-state index is 11.5. The quantitative estimate of drug-likeness (QED) is 0.651. The molecular weight excluding hydrogens is 294 g/mol. The van der Waals surface area contributed by atoms with Gasteiger partial charge in [-0.15, -0.1) is 0 Å².